The Balaban J connectivity index is 1.86. The number of piperidine rings is 1. The van der Waals surface area contributed by atoms with Gasteiger partial charge in [0, 0.05) is 30.8 Å². The molecule has 1 aliphatic rings. The van der Waals surface area contributed by atoms with Crippen molar-refractivity contribution in [2.45, 2.75) is 70.1 Å². The van der Waals surface area contributed by atoms with Crippen LogP contribution in [0.5, 0.6) is 0 Å². The van der Waals surface area contributed by atoms with E-state index in [1.807, 2.05) is 42.2 Å². The molecule has 40 heavy (non-hydrogen) atoms. The van der Waals surface area contributed by atoms with Gasteiger partial charge in [0.2, 0.25) is 0 Å². The Bertz CT molecular complexity index is 1100. The Hall–Kier alpha value is -2.85. The fourth-order valence-electron chi connectivity index (χ4n) is 5.31. The largest absolute Gasteiger partial charge is 0.481 e. The van der Waals surface area contributed by atoms with Crippen LogP contribution in [0.4, 0.5) is 26.3 Å². The van der Waals surface area contributed by atoms with E-state index in [-0.39, 0.29) is 31.3 Å². The molecule has 220 valence electrons. The number of nitrogens with zero attached hydrogens (tertiary/aromatic N) is 1. The first-order valence-electron chi connectivity index (χ1n) is 13.3. The lowest BCUT2D eigenvalue weighted by atomic mass is 9.81. The van der Waals surface area contributed by atoms with E-state index < -0.39 is 42.4 Å². The number of carbonyl (C=O) groups is 1. The third-order valence-corrected chi connectivity index (χ3v) is 7.48. The Kier molecular flexibility index (Phi) is 10.8. The van der Waals surface area contributed by atoms with Crippen LogP contribution in [-0.4, -0.2) is 41.3 Å². The molecule has 0 saturated carbocycles. The van der Waals surface area contributed by atoms with Crippen molar-refractivity contribution >= 4 is 5.97 Å². The Morgan fingerprint density at radius 3 is 2.30 bits per heavy atom. The number of hydrogen-bond donors (Lipinski definition) is 1. The van der Waals surface area contributed by atoms with E-state index in [9.17, 15) is 36.2 Å². The average molecular weight is 572 g/mol. The first-order chi connectivity index (χ1) is 18.7. The molecule has 1 aliphatic heterocycles. The third kappa shape index (κ3) is 9.37. The number of ether oxygens (including phenoxy) is 1. The van der Waals surface area contributed by atoms with Crippen LogP contribution in [0, 0.1) is 11.8 Å². The van der Waals surface area contributed by atoms with Gasteiger partial charge >= 0.3 is 18.3 Å². The van der Waals surface area contributed by atoms with Gasteiger partial charge in [0.25, 0.3) is 0 Å². The number of alkyl halides is 6. The summed E-state index contributed by atoms with van der Waals surface area (Å²) in [6.07, 6.45) is -9.64. The van der Waals surface area contributed by atoms with Gasteiger partial charge in [-0.15, -0.1) is 0 Å². The minimum Gasteiger partial charge on any atom is -0.481 e. The zero-order chi connectivity index (χ0) is 29.5. The predicted octanol–water partition coefficient (Wildman–Crippen LogP) is 8.05. The van der Waals surface area contributed by atoms with Crippen molar-refractivity contribution in [3.8, 4) is 0 Å². The SMILES string of the molecule is C=C(C(C)COCc1ccccc1)[C@H](CCC(F)(F)F)N1CC[C@@H](CC(=O)O)C[C@H]1c1ccc(C(F)(F)F)cc1. The topological polar surface area (TPSA) is 49.8 Å². The smallest absolute Gasteiger partial charge is 0.416 e. The summed E-state index contributed by atoms with van der Waals surface area (Å²) < 4.78 is 85.5. The van der Waals surface area contributed by atoms with Gasteiger partial charge in [-0.2, -0.15) is 26.3 Å². The quantitative estimate of drug-likeness (QED) is 0.207. The normalized spacial score (nSPS) is 20.2. The maximum absolute atomic E-state index is 13.4. The van der Waals surface area contributed by atoms with Crippen LogP contribution < -0.4 is 0 Å². The van der Waals surface area contributed by atoms with Crippen molar-refractivity contribution in [3.63, 3.8) is 0 Å². The van der Waals surface area contributed by atoms with Crippen molar-refractivity contribution in [2.75, 3.05) is 13.2 Å². The van der Waals surface area contributed by atoms with Gasteiger partial charge in [0.05, 0.1) is 18.8 Å². The maximum atomic E-state index is 13.4. The second kappa shape index (κ2) is 13.7. The predicted molar refractivity (Wildman–Crippen MR) is 139 cm³/mol. The summed E-state index contributed by atoms with van der Waals surface area (Å²) in [4.78, 5) is 13.3. The van der Waals surface area contributed by atoms with Crippen molar-refractivity contribution < 1.29 is 41.0 Å². The molecule has 0 radical (unpaired) electrons. The van der Waals surface area contributed by atoms with Gasteiger partial charge < -0.3 is 9.84 Å². The van der Waals surface area contributed by atoms with Crippen LogP contribution in [0.2, 0.25) is 0 Å². The van der Waals surface area contributed by atoms with Crippen LogP contribution in [0.15, 0.2) is 66.7 Å². The number of hydrogen-bond acceptors (Lipinski definition) is 3. The molecule has 1 fully saturated rings. The van der Waals surface area contributed by atoms with Crippen LogP contribution in [0.25, 0.3) is 0 Å². The van der Waals surface area contributed by atoms with Gasteiger partial charge in [-0.25, -0.2) is 0 Å². The summed E-state index contributed by atoms with van der Waals surface area (Å²) in [5.74, 6) is -1.55. The minimum absolute atomic E-state index is 0.122. The maximum Gasteiger partial charge on any atom is 0.416 e. The molecule has 2 aromatic rings. The number of carboxylic acid groups (broad SMARTS) is 1. The molecule has 1 unspecified atom stereocenters. The molecule has 0 aliphatic carbocycles. The number of halogens is 6. The molecule has 0 spiro atoms. The number of benzene rings is 2. The lowest BCUT2D eigenvalue weighted by Gasteiger charge is -2.45. The van der Waals surface area contributed by atoms with E-state index in [0.717, 1.165) is 17.7 Å². The third-order valence-electron chi connectivity index (χ3n) is 7.48. The van der Waals surface area contributed by atoms with Crippen LogP contribution in [-0.2, 0) is 22.3 Å². The monoisotopic (exact) mass is 571 g/mol. The Labute approximate surface area is 230 Å². The molecule has 2 aromatic carbocycles. The van der Waals surface area contributed by atoms with E-state index >= 15 is 0 Å². The molecule has 1 N–H and O–H groups in total. The highest BCUT2D eigenvalue weighted by Crippen LogP contribution is 2.41. The van der Waals surface area contributed by atoms with Gasteiger partial charge in [-0.1, -0.05) is 61.5 Å². The molecular weight excluding hydrogens is 536 g/mol. The summed E-state index contributed by atoms with van der Waals surface area (Å²) in [7, 11) is 0. The van der Waals surface area contributed by atoms with Crippen molar-refractivity contribution in [1.29, 1.82) is 0 Å². The van der Waals surface area contributed by atoms with Gasteiger partial charge in [0.15, 0.2) is 0 Å². The van der Waals surface area contributed by atoms with Crippen LogP contribution in [0.3, 0.4) is 0 Å². The Morgan fingerprint density at radius 1 is 1.07 bits per heavy atom. The second-order valence-corrected chi connectivity index (χ2v) is 10.5. The van der Waals surface area contributed by atoms with E-state index in [2.05, 4.69) is 6.58 Å². The summed E-state index contributed by atoms with van der Waals surface area (Å²) >= 11 is 0. The lowest BCUT2D eigenvalue weighted by Crippen LogP contribution is -2.46. The highest BCUT2D eigenvalue weighted by atomic mass is 19.4. The molecule has 0 amide bonds. The first-order valence-corrected chi connectivity index (χ1v) is 13.3. The number of likely N-dealkylation sites (tertiary alicyclic amines) is 1. The zero-order valence-electron chi connectivity index (χ0n) is 22.3. The second-order valence-electron chi connectivity index (χ2n) is 10.5. The minimum atomic E-state index is -4.53. The van der Waals surface area contributed by atoms with Crippen LogP contribution >= 0.6 is 0 Å². The summed E-state index contributed by atoms with van der Waals surface area (Å²) in [6.45, 7) is 6.86. The molecule has 3 rings (SSSR count). The van der Waals surface area contributed by atoms with Gasteiger partial charge in [-0.05, 0) is 55.0 Å². The fraction of sp³-hybridized carbons (Fsp3) is 0.500. The summed E-state index contributed by atoms with van der Waals surface area (Å²) in [6, 6.07) is 12.7. The highest BCUT2D eigenvalue weighted by Gasteiger charge is 2.39. The fourth-order valence-corrected chi connectivity index (χ4v) is 5.31. The molecule has 10 heteroatoms. The number of carboxylic acids is 1. The number of rotatable bonds is 12. The van der Waals surface area contributed by atoms with E-state index in [4.69, 9.17) is 4.74 Å². The lowest BCUT2D eigenvalue weighted by molar-refractivity contribution is -0.141. The average Bonchev–Trinajstić information content (AvgIpc) is 2.88. The molecule has 1 saturated heterocycles. The molecule has 0 bridgehead atoms. The van der Waals surface area contributed by atoms with Gasteiger partial charge in [0.1, 0.15) is 0 Å². The molecule has 4 atom stereocenters. The molecular formula is C30H35F6NO3. The standard InChI is InChI=1S/C30H35F6NO3/c1-20(18-40-19-22-6-4-3-5-7-22)21(2)26(12-14-29(31,32)33)37-15-13-23(17-28(38)39)16-27(37)24-8-10-25(11-9-24)30(34,35)36/h3-11,20,23,26-27H,2,12-19H2,1H3,(H,38,39)/t20?,23-,26+,27+/m1/s1. The first kappa shape index (κ1) is 31.7. The Morgan fingerprint density at radius 2 is 1.73 bits per heavy atom. The number of aliphatic carboxylic acids is 1. The van der Waals surface area contributed by atoms with Crippen LogP contribution in [0.1, 0.15) is 61.8 Å². The molecule has 4 nitrogen and oxygen atoms in total. The van der Waals surface area contributed by atoms with E-state index in [1.54, 1.807) is 0 Å². The highest BCUT2D eigenvalue weighted by molar-refractivity contribution is 5.67. The molecule has 0 aromatic heterocycles. The molecule has 1 heterocycles. The van der Waals surface area contributed by atoms with Crippen molar-refractivity contribution in [2.24, 2.45) is 11.8 Å². The summed E-state index contributed by atoms with van der Waals surface area (Å²) in [5.41, 5.74) is 1.17. The van der Waals surface area contributed by atoms with Gasteiger partial charge in [-0.3, -0.25) is 9.69 Å². The van der Waals surface area contributed by atoms with E-state index in [1.165, 1.54) is 12.1 Å². The van der Waals surface area contributed by atoms with Crippen molar-refractivity contribution in [3.05, 3.63) is 83.4 Å². The summed E-state index contributed by atoms with van der Waals surface area (Å²) in [5, 5.41) is 9.33. The van der Waals surface area contributed by atoms with Crippen molar-refractivity contribution in [1.82, 2.24) is 4.90 Å². The zero-order valence-corrected chi connectivity index (χ0v) is 22.3. The van der Waals surface area contributed by atoms with E-state index in [0.29, 0.717) is 37.1 Å².